The first kappa shape index (κ1) is 18.5. The Morgan fingerprint density at radius 1 is 1.20 bits per heavy atom. The van der Waals surface area contributed by atoms with E-state index in [1.165, 1.54) is 0 Å². The summed E-state index contributed by atoms with van der Waals surface area (Å²) >= 11 is 0. The van der Waals surface area contributed by atoms with Crippen LogP contribution in [0, 0.1) is 0 Å². The van der Waals surface area contributed by atoms with Crippen LogP contribution in [0.15, 0.2) is 18.2 Å². The van der Waals surface area contributed by atoms with Crippen LogP contribution in [0.3, 0.4) is 0 Å². The lowest BCUT2D eigenvalue weighted by atomic mass is 10.1. The summed E-state index contributed by atoms with van der Waals surface area (Å²) in [4.78, 5) is 11.9. The van der Waals surface area contributed by atoms with Crippen molar-refractivity contribution >= 4 is 18.3 Å². The Bertz CT molecular complexity index is 391. The molecule has 1 aromatic rings. The second-order valence-corrected chi connectivity index (χ2v) is 4.16. The highest BCUT2D eigenvalue weighted by Gasteiger charge is 2.13. The van der Waals surface area contributed by atoms with E-state index in [1.807, 2.05) is 18.2 Å². The van der Waals surface area contributed by atoms with Gasteiger partial charge in [0.15, 0.2) is 0 Å². The van der Waals surface area contributed by atoms with E-state index in [0.29, 0.717) is 24.6 Å². The van der Waals surface area contributed by atoms with Crippen LogP contribution >= 0.6 is 12.4 Å². The summed E-state index contributed by atoms with van der Waals surface area (Å²) in [5, 5.41) is 2.86. The number of halogens is 1. The number of carbonyl (C=O) groups excluding carboxylic acids is 1. The van der Waals surface area contributed by atoms with Crippen molar-refractivity contribution in [2.75, 3.05) is 27.3 Å². The van der Waals surface area contributed by atoms with Crippen LogP contribution in [0.2, 0.25) is 0 Å². The number of rotatable bonds is 8. The summed E-state index contributed by atoms with van der Waals surface area (Å²) < 4.78 is 10.5. The molecule has 0 heterocycles. The standard InChI is InChI=1S/C14H22N2O3.ClH/c1-18-12-6-5-7-13(19-2)11(12)10-14(17)16-9-4-3-8-15;/h5-7H,3-4,8-10,15H2,1-2H3,(H,16,17);1H. The van der Waals surface area contributed by atoms with Crippen LogP contribution in [0.1, 0.15) is 18.4 Å². The van der Waals surface area contributed by atoms with Gasteiger partial charge in [-0.3, -0.25) is 4.79 Å². The first-order valence-electron chi connectivity index (χ1n) is 6.39. The van der Waals surface area contributed by atoms with Crippen molar-refractivity contribution < 1.29 is 14.3 Å². The van der Waals surface area contributed by atoms with Gasteiger partial charge in [-0.15, -0.1) is 12.4 Å². The lowest BCUT2D eigenvalue weighted by Crippen LogP contribution is -2.26. The summed E-state index contributed by atoms with van der Waals surface area (Å²) in [5.74, 6) is 1.28. The molecule has 0 atom stereocenters. The number of carbonyl (C=O) groups is 1. The zero-order valence-corrected chi connectivity index (χ0v) is 12.8. The normalized spacial score (nSPS) is 9.55. The van der Waals surface area contributed by atoms with Crippen molar-refractivity contribution in [1.82, 2.24) is 5.32 Å². The molecule has 114 valence electrons. The average molecular weight is 303 g/mol. The number of ether oxygens (including phenoxy) is 2. The molecule has 0 saturated heterocycles. The number of amides is 1. The summed E-state index contributed by atoms with van der Waals surface area (Å²) in [6, 6.07) is 5.47. The quantitative estimate of drug-likeness (QED) is 0.714. The average Bonchev–Trinajstić information content (AvgIpc) is 2.43. The van der Waals surface area contributed by atoms with Gasteiger partial charge in [0.1, 0.15) is 11.5 Å². The van der Waals surface area contributed by atoms with E-state index in [-0.39, 0.29) is 24.7 Å². The third kappa shape index (κ3) is 5.67. The first-order chi connectivity index (χ1) is 9.22. The lowest BCUT2D eigenvalue weighted by molar-refractivity contribution is -0.120. The van der Waals surface area contributed by atoms with Gasteiger partial charge in [0.25, 0.3) is 0 Å². The monoisotopic (exact) mass is 302 g/mol. The highest BCUT2D eigenvalue weighted by molar-refractivity contribution is 5.85. The molecule has 0 fully saturated rings. The molecule has 0 spiro atoms. The Balaban J connectivity index is 0.00000361. The van der Waals surface area contributed by atoms with E-state index >= 15 is 0 Å². The largest absolute Gasteiger partial charge is 0.496 e. The fourth-order valence-electron chi connectivity index (χ4n) is 1.82. The van der Waals surface area contributed by atoms with E-state index in [4.69, 9.17) is 15.2 Å². The highest BCUT2D eigenvalue weighted by atomic mass is 35.5. The molecule has 0 bridgehead atoms. The number of hydrogen-bond donors (Lipinski definition) is 2. The lowest BCUT2D eigenvalue weighted by Gasteiger charge is -2.12. The van der Waals surface area contributed by atoms with Gasteiger partial charge in [-0.2, -0.15) is 0 Å². The number of methoxy groups -OCH3 is 2. The van der Waals surface area contributed by atoms with Gasteiger partial charge in [0, 0.05) is 12.1 Å². The van der Waals surface area contributed by atoms with Crippen molar-refractivity contribution in [2.45, 2.75) is 19.3 Å². The fraction of sp³-hybridized carbons (Fsp3) is 0.500. The van der Waals surface area contributed by atoms with E-state index in [1.54, 1.807) is 14.2 Å². The zero-order chi connectivity index (χ0) is 14.1. The summed E-state index contributed by atoms with van der Waals surface area (Å²) in [7, 11) is 3.16. The summed E-state index contributed by atoms with van der Waals surface area (Å²) in [6.45, 7) is 1.30. The van der Waals surface area contributed by atoms with Crippen LogP contribution in [-0.4, -0.2) is 33.2 Å². The number of unbranched alkanes of at least 4 members (excludes halogenated alkanes) is 1. The zero-order valence-electron chi connectivity index (χ0n) is 12.0. The molecule has 0 unspecified atom stereocenters. The fourth-order valence-corrected chi connectivity index (χ4v) is 1.82. The molecule has 20 heavy (non-hydrogen) atoms. The van der Waals surface area contributed by atoms with Crippen molar-refractivity contribution in [3.63, 3.8) is 0 Å². The topological polar surface area (TPSA) is 73.6 Å². The molecule has 0 aliphatic carbocycles. The predicted octanol–water partition coefficient (Wildman–Crippen LogP) is 1.52. The first-order valence-corrected chi connectivity index (χ1v) is 6.39. The molecule has 0 radical (unpaired) electrons. The number of nitrogens with two attached hydrogens (primary N) is 1. The number of benzene rings is 1. The Kier molecular flexibility index (Phi) is 9.59. The van der Waals surface area contributed by atoms with Gasteiger partial charge >= 0.3 is 0 Å². The Morgan fingerprint density at radius 3 is 2.30 bits per heavy atom. The van der Waals surface area contributed by atoms with Gasteiger partial charge in [-0.1, -0.05) is 6.07 Å². The van der Waals surface area contributed by atoms with E-state index < -0.39 is 0 Å². The molecular formula is C14H23ClN2O3. The molecule has 1 aromatic carbocycles. The van der Waals surface area contributed by atoms with Crippen LogP contribution < -0.4 is 20.5 Å². The molecule has 6 heteroatoms. The van der Waals surface area contributed by atoms with Crippen LogP contribution in [-0.2, 0) is 11.2 Å². The molecule has 0 saturated carbocycles. The molecule has 5 nitrogen and oxygen atoms in total. The van der Waals surface area contributed by atoms with Crippen LogP contribution in [0.25, 0.3) is 0 Å². The maximum atomic E-state index is 11.9. The van der Waals surface area contributed by atoms with Gasteiger partial charge in [-0.25, -0.2) is 0 Å². The maximum absolute atomic E-state index is 11.9. The summed E-state index contributed by atoms with van der Waals surface area (Å²) in [6.07, 6.45) is 2.05. The number of hydrogen-bond acceptors (Lipinski definition) is 4. The van der Waals surface area contributed by atoms with E-state index in [0.717, 1.165) is 18.4 Å². The number of nitrogens with one attached hydrogen (secondary N) is 1. The van der Waals surface area contributed by atoms with Gasteiger partial charge in [0.2, 0.25) is 5.91 Å². The van der Waals surface area contributed by atoms with Crippen LogP contribution in [0.5, 0.6) is 11.5 Å². The molecule has 1 rings (SSSR count). The van der Waals surface area contributed by atoms with Crippen molar-refractivity contribution in [3.8, 4) is 11.5 Å². The maximum Gasteiger partial charge on any atom is 0.224 e. The third-order valence-corrected chi connectivity index (χ3v) is 2.82. The molecule has 0 aromatic heterocycles. The van der Waals surface area contributed by atoms with Crippen molar-refractivity contribution in [2.24, 2.45) is 5.73 Å². The SMILES string of the molecule is COc1cccc(OC)c1CC(=O)NCCCCN.Cl. The van der Waals surface area contributed by atoms with Crippen molar-refractivity contribution in [1.29, 1.82) is 0 Å². The Labute approximate surface area is 126 Å². The second-order valence-electron chi connectivity index (χ2n) is 4.16. The highest BCUT2D eigenvalue weighted by Crippen LogP contribution is 2.28. The Morgan fingerprint density at radius 2 is 1.80 bits per heavy atom. The Hall–Kier alpha value is -1.46. The molecule has 0 aliphatic heterocycles. The third-order valence-electron chi connectivity index (χ3n) is 2.82. The molecule has 1 amide bonds. The van der Waals surface area contributed by atoms with Gasteiger partial charge in [-0.05, 0) is 31.5 Å². The molecule has 3 N–H and O–H groups in total. The minimum atomic E-state index is -0.0418. The minimum absolute atomic E-state index is 0. The van der Waals surface area contributed by atoms with E-state index in [2.05, 4.69) is 5.32 Å². The van der Waals surface area contributed by atoms with Crippen LogP contribution in [0.4, 0.5) is 0 Å². The van der Waals surface area contributed by atoms with Crippen molar-refractivity contribution in [3.05, 3.63) is 23.8 Å². The van der Waals surface area contributed by atoms with Gasteiger partial charge in [0.05, 0.1) is 20.6 Å². The molecular weight excluding hydrogens is 280 g/mol. The molecule has 0 aliphatic rings. The van der Waals surface area contributed by atoms with Gasteiger partial charge < -0.3 is 20.5 Å². The summed E-state index contributed by atoms with van der Waals surface area (Å²) in [5.41, 5.74) is 6.17. The van der Waals surface area contributed by atoms with E-state index in [9.17, 15) is 4.79 Å². The smallest absolute Gasteiger partial charge is 0.224 e. The minimum Gasteiger partial charge on any atom is -0.496 e. The predicted molar refractivity (Wildman–Crippen MR) is 81.8 cm³/mol. The second kappa shape index (κ2) is 10.3.